The number of ether oxygens (including phenoxy) is 1. The molecule has 9 heteroatoms. The van der Waals surface area contributed by atoms with Crippen molar-refractivity contribution in [1.82, 2.24) is 20.5 Å². The van der Waals surface area contributed by atoms with Crippen LogP contribution < -0.4 is 15.4 Å². The van der Waals surface area contributed by atoms with Crippen molar-refractivity contribution >= 4 is 29.1 Å². The molecule has 1 unspecified atom stereocenters. The lowest BCUT2D eigenvalue weighted by Gasteiger charge is -2.31. The fraction of sp³-hybridized carbons (Fsp3) is 0.520. The van der Waals surface area contributed by atoms with Crippen molar-refractivity contribution in [2.24, 2.45) is 0 Å². The molecule has 1 aromatic heterocycles. The van der Waals surface area contributed by atoms with Crippen molar-refractivity contribution < 1.29 is 19.1 Å². The summed E-state index contributed by atoms with van der Waals surface area (Å²) >= 11 is 1.47. The number of piperidine rings is 1. The second kappa shape index (κ2) is 11.0. The largest absolute Gasteiger partial charge is 0.484 e. The van der Waals surface area contributed by atoms with Crippen LogP contribution in [0.25, 0.3) is 0 Å². The fourth-order valence-electron chi connectivity index (χ4n) is 4.30. The first-order valence-corrected chi connectivity index (χ1v) is 12.8. The number of nitrogens with zero attached hydrogens (tertiary/aromatic N) is 2. The summed E-state index contributed by atoms with van der Waals surface area (Å²) in [6.45, 7) is 6.04. The Balaban J connectivity index is 1.25. The van der Waals surface area contributed by atoms with E-state index in [2.05, 4.69) is 15.6 Å². The molecule has 2 N–H and O–H groups in total. The van der Waals surface area contributed by atoms with E-state index in [9.17, 15) is 14.4 Å². The van der Waals surface area contributed by atoms with Crippen LogP contribution >= 0.6 is 11.3 Å². The van der Waals surface area contributed by atoms with Crippen LogP contribution in [0.4, 0.5) is 0 Å². The quantitative estimate of drug-likeness (QED) is 0.657. The molecular weight excluding hydrogens is 452 g/mol. The van der Waals surface area contributed by atoms with Gasteiger partial charge in [0.25, 0.3) is 11.8 Å². The van der Waals surface area contributed by atoms with Gasteiger partial charge in [-0.05, 0) is 69.2 Å². The van der Waals surface area contributed by atoms with Crippen LogP contribution in [0.15, 0.2) is 23.6 Å². The number of benzene rings is 1. The highest BCUT2D eigenvalue weighted by Gasteiger charge is 2.28. The van der Waals surface area contributed by atoms with Gasteiger partial charge < -0.3 is 20.3 Å². The number of carbonyl (C=O) groups is 3. The molecule has 2 aliphatic heterocycles. The third kappa shape index (κ3) is 5.94. The Bertz CT molecular complexity index is 1050. The van der Waals surface area contributed by atoms with Crippen LogP contribution in [0.3, 0.4) is 0 Å². The molecule has 1 atom stereocenters. The molecule has 4 rings (SSSR count). The molecule has 2 fully saturated rings. The summed E-state index contributed by atoms with van der Waals surface area (Å²) in [6.07, 6.45) is 4.08. The predicted molar refractivity (Wildman–Crippen MR) is 130 cm³/mol. The summed E-state index contributed by atoms with van der Waals surface area (Å²) in [5, 5.41) is 8.32. The van der Waals surface area contributed by atoms with E-state index in [4.69, 9.17) is 4.74 Å². The molecule has 0 spiro atoms. The number of carbonyl (C=O) groups excluding carboxylic acids is 3. The molecule has 182 valence electrons. The zero-order chi connectivity index (χ0) is 24.1. The predicted octanol–water partition coefficient (Wildman–Crippen LogP) is 2.94. The molecule has 1 aromatic carbocycles. The number of rotatable bonds is 6. The van der Waals surface area contributed by atoms with Gasteiger partial charge in [-0.2, -0.15) is 0 Å². The van der Waals surface area contributed by atoms with Crippen LogP contribution in [-0.2, 0) is 9.59 Å². The third-order valence-electron chi connectivity index (χ3n) is 6.63. The minimum absolute atomic E-state index is 0.0161. The number of aryl methyl sites for hydroxylation is 2. The van der Waals surface area contributed by atoms with Crippen LogP contribution in [0.2, 0.25) is 0 Å². The lowest BCUT2D eigenvalue weighted by molar-refractivity contribution is -0.134. The third-order valence-corrected chi connectivity index (χ3v) is 7.64. The fourth-order valence-corrected chi connectivity index (χ4v) is 5.28. The van der Waals surface area contributed by atoms with E-state index < -0.39 is 6.04 Å². The van der Waals surface area contributed by atoms with Gasteiger partial charge in [0.1, 0.15) is 17.5 Å². The van der Waals surface area contributed by atoms with E-state index >= 15 is 0 Å². The number of aromatic nitrogens is 1. The number of nitrogens with one attached hydrogen (secondary N) is 2. The summed E-state index contributed by atoms with van der Waals surface area (Å²) < 4.78 is 5.70. The van der Waals surface area contributed by atoms with Gasteiger partial charge in [0, 0.05) is 30.9 Å². The Hall–Kier alpha value is -2.94. The van der Waals surface area contributed by atoms with Crippen LogP contribution in [-0.4, -0.2) is 59.9 Å². The van der Waals surface area contributed by atoms with Crippen LogP contribution in [0.1, 0.15) is 64.6 Å². The monoisotopic (exact) mass is 484 g/mol. The first kappa shape index (κ1) is 24.2. The van der Waals surface area contributed by atoms with E-state index in [1.54, 1.807) is 5.38 Å². The van der Waals surface area contributed by atoms with E-state index in [1.807, 2.05) is 36.9 Å². The molecule has 2 saturated heterocycles. The van der Waals surface area contributed by atoms with Gasteiger partial charge in [-0.3, -0.25) is 14.4 Å². The molecule has 0 radical (unpaired) electrons. The maximum atomic E-state index is 12.6. The van der Waals surface area contributed by atoms with E-state index in [0.29, 0.717) is 37.5 Å². The van der Waals surface area contributed by atoms with Gasteiger partial charge in [-0.1, -0.05) is 6.07 Å². The Morgan fingerprint density at radius 1 is 1.18 bits per heavy atom. The van der Waals surface area contributed by atoms with E-state index in [-0.39, 0.29) is 30.2 Å². The maximum absolute atomic E-state index is 12.6. The first-order chi connectivity index (χ1) is 16.4. The van der Waals surface area contributed by atoms with Crippen molar-refractivity contribution in [3.8, 4) is 5.75 Å². The Labute approximate surface area is 204 Å². The average molecular weight is 485 g/mol. The second-order valence-corrected chi connectivity index (χ2v) is 9.96. The average Bonchev–Trinajstić information content (AvgIpc) is 3.25. The topological polar surface area (TPSA) is 101 Å². The van der Waals surface area contributed by atoms with Gasteiger partial charge in [-0.25, -0.2) is 4.98 Å². The molecule has 34 heavy (non-hydrogen) atoms. The van der Waals surface area contributed by atoms with Gasteiger partial charge in [0.15, 0.2) is 6.61 Å². The van der Waals surface area contributed by atoms with Gasteiger partial charge in [-0.15, -0.1) is 11.3 Å². The van der Waals surface area contributed by atoms with Gasteiger partial charge in [0.05, 0.1) is 5.01 Å². The normalized spacial score (nSPS) is 19.3. The summed E-state index contributed by atoms with van der Waals surface area (Å²) in [4.78, 5) is 43.7. The zero-order valence-electron chi connectivity index (χ0n) is 19.8. The molecule has 0 bridgehead atoms. The Morgan fingerprint density at radius 2 is 1.97 bits per heavy atom. The van der Waals surface area contributed by atoms with Gasteiger partial charge >= 0.3 is 0 Å². The molecule has 3 heterocycles. The summed E-state index contributed by atoms with van der Waals surface area (Å²) in [6, 6.07) is 5.34. The number of likely N-dealkylation sites (tertiary alicyclic amines) is 1. The van der Waals surface area contributed by atoms with Crippen molar-refractivity contribution in [2.75, 3.05) is 26.2 Å². The summed E-state index contributed by atoms with van der Waals surface area (Å²) in [5.41, 5.74) is 2.69. The van der Waals surface area contributed by atoms with Crippen LogP contribution in [0, 0.1) is 13.8 Å². The summed E-state index contributed by atoms with van der Waals surface area (Å²) in [7, 11) is 0. The standard InChI is InChI=1S/C25H32N4O4S/c1-16-6-7-19(13-17(16)2)33-14-22(30)29-11-8-18(9-12-29)25-28-21(15-34-25)24(32)27-20-5-3-4-10-26-23(20)31/h6-7,13,15,18,20H,3-5,8-12,14H2,1-2H3,(H,26,31)(H,27,32). The van der Waals surface area contributed by atoms with Crippen molar-refractivity contribution in [2.45, 2.75) is 57.9 Å². The minimum Gasteiger partial charge on any atom is -0.484 e. The van der Waals surface area contributed by atoms with E-state index in [1.165, 1.54) is 16.9 Å². The molecular formula is C25H32N4O4S. The number of hydrogen-bond acceptors (Lipinski definition) is 6. The smallest absolute Gasteiger partial charge is 0.271 e. The Morgan fingerprint density at radius 3 is 2.74 bits per heavy atom. The molecule has 0 aliphatic carbocycles. The highest BCUT2D eigenvalue weighted by Crippen LogP contribution is 2.30. The lowest BCUT2D eigenvalue weighted by atomic mass is 9.97. The molecule has 3 amide bonds. The SMILES string of the molecule is Cc1ccc(OCC(=O)N2CCC(c3nc(C(=O)NC4CCCCNC4=O)cs3)CC2)cc1C. The van der Waals surface area contributed by atoms with Crippen molar-refractivity contribution in [3.05, 3.63) is 45.4 Å². The number of amides is 3. The van der Waals surface area contributed by atoms with Crippen LogP contribution in [0.5, 0.6) is 5.75 Å². The zero-order valence-corrected chi connectivity index (χ0v) is 20.6. The molecule has 2 aromatic rings. The summed E-state index contributed by atoms with van der Waals surface area (Å²) in [5.74, 6) is 0.483. The highest BCUT2D eigenvalue weighted by molar-refractivity contribution is 7.09. The minimum atomic E-state index is -0.500. The molecule has 2 aliphatic rings. The number of hydrogen-bond donors (Lipinski definition) is 2. The molecule has 0 saturated carbocycles. The van der Waals surface area contributed by atoms with Gasteiger partial charge in [0.2, 0.25) is 5.91 Å². The second-order valence-electron chi connectivity index (χ2n) is 9.07. The maximum Gasteiger partial charge on any atom is 0.271 e. The van der Waals surface area contributed by atoms with Crippen molar-refractivity contribution in [1.29, 1.82) is 0 Å². The molecule has 8 nitrogen and oxygen atoms in total. The highest BCUT2D eigenvalue weighted by atomic mass is 32.1. The van der Waals surface area contributed by atoms with E-state index in [0.717, 1.165) is 36.3 Å². The lowest BCUT2D eigenvalue weighted by Crippen LogP contribution is -2.45. The number of thiazole rings is 1. The Kier molecular flexibility index (Phi) is 7.82. The first-order valence-electron chi connectivity index (χ1n) is 11.9. The van der Waals surface area contributed by atoms with Crippen molar-refractivity contribution in [3.63, 3.8) is 0 Å².